The van der Waals surface area contributed by atoms with Gasteiger partial charge in [-0.2, -0.15) is 0 Å². The zero-order valence-electron chi connectivity index (χ0n) is 31.6. The number of aliphatic hydroxyl groups excluding tert-OH is 2. The van der Waals surface area contributed by atoms with Crippen molar-refractivity contribution in [3.05, 3.63) is 113 Å². The van der Waals surface area contributed by atoms with Crippen molar-refractivity contribution in [2.24, 2.45) is 11.8 Å². The van der Waals surface area contributed by atoms with Gasteiger partial charge in [0.2, 0.25) is 0 Å². The average Bonchev–Trinajstić information content (AvgIpc) is 3.77. The van der Waals surface area contributed by atoms with Crippen molar-refractivity contribution in [2.75, 3.05) is 59.1 Å². The molecule has 9 heteroatoms. The predicted octanol–water partition coefficient (Wildman–Crippen LogP) is 6.10. The highest BCUT2D eigenvalue weighted by Gasteiger charge is 2.48. The van der Waals surface area contributed by atoms with Crippen LogP contribution in [0.15, 0.2) is 84.9 Å². The van der Waals surface area contributed by atoms with Gasteiger partial charge in [0.25, 0.3) is 0 Å². The number of hydrogen-bond donors (Lipinski definition) is 5. The molecule has 0 unspecified atom stereocenters. The number of fused-ring (bicyclic) bond motifs is 4. The summed E-state index contributed by atoms with van der Waals surface area (Å²) in [6, 6.07) is 27.9. The second-order valence-electron chi connectivity index (χ2n) is 16.0. The van der Waals surface area contributed by atoms with Gasteiger partial charge in [0.15, 0.2) is 0 Å². The smallest absolute Gasteiger partial charge is 0.121 e. The van der Waals surface area contributed by atoms with Crippen molar-refractivity contribution < 1.29 is 39.1 Å². The monoisotopic (exact) mass is 739 g/mol. The molecule has 54 heavy (non-hydrogen) atoms. The molecule has 4 aliphatic rings. The molecule has 2 bridgehead atoms. The van der Waals surface area contributed by atoms with E-state index in [1.807, 2.05) is 0 Å². The van der Waals surface area contributed by atoms with Gasteiger partial charge in [-0.05, 0) is 63.9 Å². The SMILES string of the molecule is OCc1cc([C@@H](O)CNCCOCc2ccc(COCC[N+]34CCC(CC3)[C@@H](OC[C@@](O)(c3cccc5ccccc35)C3CCCC3)C4)cc2)ccc1O. The summed E-state index contributed by atoms with van der Waals surface area (Å²) in [5.41, 5.74) is 3.33. The second-order valence-corrected chi connectivity index (χ2v) is 16.0. The number of piperidine rings is 3. The summed E-state index contributed by atoms with van der Waals surface area (Å²) in [6.45, 7) is 7.67. The fourth-order valence-electron chi connectivity index (χ4n) is 9.19. The van der Waals surface area contributed by atoms with Crippen LogP contribution in [0.1, 0.15) is 72.4 Å². The summed E-state index contributed by atoms with van der Waals surface area (Å²) in [7, 11) is 0. The quantitative estimate of drug-likeness (QED) is 0.0579. The Labute approximate surface area is 320 Å². The molecule has 0 radical (unpaired) electrons. The van der Waals surface area contributed by atoms with Gasteiger partial charge >= 0.3 is 0 Å². The molecule has 3 atom stereocenters. The Morgan fingerprint density at radius 1 is 0.833 bits per heavy atom. The van der Waals surface area contributed by atoms with Gasteiger partial charge in [0, 0.05) is 37.4 Å². The fourth-order valence-corrected chi connectivity index (χ4v) is 9.19. The van der Waals surface area contributed by atoms with Crippen molar-refractivity contribution in [1.29, 1.82) is 0 Å². The van der Waals surface area contributed by atoms with Gasteiger partial charge in [-0.25, -0.2) is 0 Å². The molecular weight excluding hydrogens is 681 g/mol. The van der Waals surface area contributed by atoms with Gasteiger partial charge in [0.1, 0.15) is 30.5 Å². The van der Waals surface area contributed by atoms with Crippen molar-refractivity contribution in [2.45, 2.75) is 76.2 Å². The van der Waals surface area contributed by atoms with E-state index in [-0.39, 0.29) is 24.4 Å². The molecule has 4 aromatic rings. The maximum atomic E-state index is 12.5. The Morgan fingerprint density at radius 3 is 2.28 bits per heavy atom. The minimum Gasteiger partial charge on any atom is -0.508 e. The summed E-state index contributed by atoms with van der Waals surface area (Å²) in [5, 5.41) is 47.5. The van der Waals surface area contributed by atoms with Crippen LogP contribution in [-0.2, 0) is 39.6 Å². The van der Waals surface area contributed by atoms with Crippen LogP contribution in [0.25, 0.3) is 10.8 Å². The molecule has 290 valence electrons. The number of phenols is 1. The van der Waals surface area contributed by atoms with E-state index in [1.165, 1.54) is 50.2 Å². The summed E-state index contributed by atoms with van der Waals surface area (Å²) in [5.74, 6) is 0.809. The standard InChI is InChI=1S/C45H58N2O7/c48-29-38-26-37(16-17-42(38)49)43(50)27-46-20-24-52-30-33-12-14-34(15-13-33)31-53-25-23-47-21-18-36(19-22-47)44(28-47)54-32-45(51,39-8-2-3-9-39)41-11-5-7-35-6-1-4-10-40(35)41/h1,4-7,10-17,26,36,39,43-44,46,48,50-51H,2-3,8-9,18-25,27-32H2/p+1/t36?,43-,44-,45-,47?/m0/s1. The predicted molar refractivity (Wildman–Crippen MR) is 210 cm³/mol. The Morgan fingerprint density at radius 2 is 1.54 bits per heavy atom. The molecule has 0 spiro atoms. The Balaban J connectivity index is 0.829. The highest BCUT2D eigenvalue weighted by atomic mass is 16.5. The number of benzene rings is 4. The first-order valence-corrected chi connectivity index (χ1v) is 20.1. The van der Waals surface area contributed by atoms with E-state index in [9.17, 15) is 20.4 Å². The largest absolute Gasteiger partial charge is 0.508 e. The summed E-state index contributed by atoms with van der Waals surface area (Å²) < 4.78 is 20.0. The second kappa shape index (κ2) is 18.0. The first-order valence-electron chi connectivity index (χ1n) is 20.1. The fraction of sp³-hybridized carbons (Fsp3) is 0.511. The maximum absolute atomic E-state index is 12.5. The number of nitrogens with zero attached hydrogens (tertiary/aromatic N) is 1. The molecule has 3 heterocycles. The number of aromatic hydroxyl groups is 1. The highest BCUT2D eigenvalue weighted by Crippen LogP contribution is 2.44. The lowest BCUT2D eigenvalue weighted by atomic mass is 9.78. The van der Waals surface area contributed by atoms with Gasteiger partial charge in [-0.1, -0.05) is 85.6 Å². The molecule has 1 saturated carbocycles. The number of hydrogen-bond acceptors (Lipinski definition) is 8. The molecule has 5 N–H and O–H groups in total. The number of rotatable bonds is 19. The van der Waals surface area contributed by atoms with Gasteiger partial charge in [-0.3, -0.25) is 0 Å². The molecule has 8 rings (SSSR count). The van der Waals surface area contributed by atoms with Crippen LogP contribution in [0.5, 0.6) is 5.75 Å². The van der Waals surface area contributed by atoms with E-state index in [2.05, 4.69) is 72.0 Å². The number of aliphatic hydroxyl groups is 3. The van der Waals surface area contributed by atoms with E-state index in [1.54, 1.807) is 12.1 Å². The van der Waals surface area contributed by atoms with Crippen molar-refractivity contribution in [3.8, 4) is 5.75 Å². The molecular formula is C45H59N2O7+. The van der Waals surface area contributed by atoms with Gasteiger partial charge < -0.3 is 44.4 Å². The van der Waals surface area contributed by atoms with Crippen LogP contribution in [0.3, 0.4) is 0 Å². The first kappa shape index (κ1) is 38.9. The van der Waals surface area contributed by atoms with Gasteiger partial charge in [-0.15, -0.1) is 0 Å². The number of nitrogens with one attached hydrogen (secondary N) is 1. The Kier molecular flexibility index (Phi) is 13.0. The van der Waals surface area contributed by atoms with Crippen LogP contribution in [0, 0.1) is 11.8 Å². The Bertz CT molecular complexity index is 1780. The minimum atomic E-state index is -0.982. The molecule has 9 nitrogen and oxygen atoms in total. The average molecular weight is 740 g/mol. The summed E-state index contributed by atoms with van der Waals surface area (Å²) >= 11 is 0. The van der Waals surface area contributed by atoms with Crippen LogP contribution in [0.2, 0.25) is 0 Å². The van der Waals surface area contributed by atoms with Crippen molar-refractivity contribution in [1.82, 2.24) is 5.32 Å². The minimum absolute atomic E-state index is 0.0230. The third-order valence-electron chi connectivity index (χ3n) is 12.5. The lowest BCUT2D eigenvalue weighted by Crippen LogP contribution is -2.65. The van der Waals surface area contributed by atoms with E-state index >= 15 is 0 Å². The lowest BCUT2D eigenvalue weighted by molar-refractivity contribution is -0.946. The van der Waals surface area contributed by atoms with E-state index in [0.717, 1.165) is 52.5 Å². The first-order chi connectivity index (χ1) is 26.4. The van der Waals surface area contributed by atoms with Crippen LogP contribution in [0.4, 0.5) is 0 Å². The van der Waals surface area contributed by atoms with Crippen LogP contribution < -0.4 is 5.32 Å². The zero-order valence-corrected chi connectivity index (χ0v) is 31.6. The molecule has 4 aromatic carbocycles. The zero-order chi connectivity index (χ0) is 37.4. The molecule has 4 fully saturated rings. The Hall–Kier alpha value is -3.38. The third-order valence-corrected chi connectivity index (χ3v) is 12.5. The number of ether oxygens (including phenoxy) is 3. The van der Waals surface area contributed by atoms with Crippen molar-refractivity contribution in [3.63, 3.8) is 0 Å². The summed E-state index contributed by atoms with van der Waals surface area (Å²) in [6.07, 6.45) is 6.22. The van der Waals surface area contributed by atoms with Crippen LogP contribution >= 0.6 is 0 Å². The molecule has 3 saturated heterocycles. The van der Waals surface area contributed by atoms with Crippen molar-refractivity contribution >= 4 is 10.8 Å². The maximum Gasteiger partial charge on any atom is 0.121 e. The van der Waals surface area contributed by atoms with E-state index < -0.39 is 11.7 Å². The van der Waals surface area contributed by atoms with Crippen LogP contribution in [-0.4, -0.2) is 90.1 Å². The molecule has 3 aliphatic heterocycles. The normalized spacial score (nSPS) is 23.2. The van der Waals surface area contributed by atoms with E-state index in [0.29, 0.717) is 63.2 Å². The third kappa shape index (κ3) is 9.18. The molecule has 0 aromatic heterocycles. The molecule has 1 aliphatic carbocycles. The van der Waals surface area contributed by atoms with Gasteiger partial charge in [0.05, 0.1) is 58.8 Å². The molecule has 0 amide bonds. The summed E-state index contributed by atoms with van der Waals surface area (Å²) in [4.78, 5) is 0. The van der Waals surface area contributed by atoms with E-state index in [4.69, 9.17) is 14.2 Å². The topological polar surface area (TPSA) is 121 Å². The lowest BCUT2D eigenvalue weighted by Gasteiger charge is -2.52. The number of quaternary nitrogens is 1. The highest BCUT2D eigenvalue weighted by molar-refractivity contribution is 5.86.